The summed E-state index contributed by atoms with van der Waals surface area (Å²) in [7, 11) is 1.99. The van der Waals surface area contributed by atoms with E-state index in [1.54, 1.807) is 29.2 Å². The third kappa shape index (κ3) is 3.59. The maximum absolute atomic E-state index is 13.4. The molecule has 0 bridgehead atoms. The van der Waals surface area contributed by atoms with Gasteiger partial charge in [-0.1, -0.05) is 12.1 Å². The third-order valence-electron chi connectivity index (χ3n) is 4.67. The van der Waals surface area contributed by atoms with Crippen molar-refractivity contribution in [2.45, 2.75) is 6.04 Å². The van der Waals surface area contributed by atoms with E-state index < -0.39 is 17.5 Å². The topological polar surface area (TPSA) is 49.6 Å². The highest BCUT2D eigenvalue weighted by atomic mass is 19.2. The highest BCUT2D eigenvalue weighted by Crippen LogP contribution is 2.24. The zero-order valence-electron chi connectivity index (χ0n) is 14.4. The van der Waals surface area contributed by atoms with E-state index in [1.807, 2.05) is 7.05 Å². The number of hydrogen-bond donors (Lipinski definition) is 1. The lowest BCUT2D eigenvalue weighted by Gasteiger charge is -2.39. The second kappa shape index (κ2) is 7.47. The Morgan fingerprint density at radius 1 is 1.08 bits per heavy atom. The molecule has 2 N–H and O–H groups in total. The molecule has 0 saturated carbocycles. The first-order chi connectivity index (χ1) is 12.4. The highest BCUT2D eigenvalue weighted by Gasteiger charge is 2.28. The second-order valence-corrected chi connectivity index (χ2v) is 6.48. The molecule has 1 saturated heterocycles. The van der Waals surface area contributed by atoms with Gasteiger partial charge >= 0.3 is 0 Å². The first-order valence-corrected chi connectivity index (χ1v) is 8.35. The monoisotopic (exact) mass is 363 g/mol. The largest absolute Gasteiger partial charge is 0.332 e. The number of benzene rings is 2. The van der Waals surface area contributed by atoms with Crippen molar-refractivity contribution in [2.24, 2.45) is 5.73 Å². The van der Waals surface area contributed by atoms with Crippen LogP contribution in [-0.2, 0) is 0 Å². The molecule has 1 atom stereocenters. The van der Waals surface area contributed by atoms with Crippen LogP contribution in [0.4, 0.5) is 13.2 Å². The number of carbonyl (C=O) groups excluding carboxylic acids is 1. The van der Waals surface area contributed by atoms with E-state index in [-0.39, 0.29) is 17.5 Å². The van der Waals surface area contributed by atoms with Crippen LogP contribution in [0, 0.1) is 17.5 Å². The number of hydrogen-bond acceptors (Lipinski definition) is 3. The van der Waals surface area contributed by atoms with Crippen molar-refractivity contribution in [1.29, 1.82) is 0 Å². The lowest BCUT2D eigenvalue weighted by Crippen LogP contribution is -2.56. The van der Waals surface area contributed by atoms with Crippen molar-refractivity contribution < 1.29 is 18.0 Å². The molecule has 4 nitrogen and oxygen atoms in total. The molecule has 0 unspecified atom stereocenters. The van der Waals surface area contributed by atoms with Crippen LogP contribution in [0.25, 0.3) is 11.1 Å². The summed E-state index contributed by atoms with van der Waals surface area (Å²) < 4.78 is 39.9. The summed E-state index contributed by atoms with van der Waals surface area (Å²) in [4.78, 5) is 16.6. The van der Waals surface area contributed by atoms with Gasteiger partial charge in [0.25, 0.3) is 5.91 Å². The number of rotatable bonds is 3. The van der Waals surface area contributed by atoms with E-state index >= 15 is 0 Å². The maximum atomic E-state index is 13.4. The molecule has 0 radical (unpaired) electrons. The van der Waals surface area contributed by atoms with Gasteiger partial charge in [0.2, 0.25) is 0 Å². The van der Waals surface area contributed by atoms with E-state index in [4.69, 9.17) is 5.73 Å². The van der Waals surface area contributed by atoms with Gasteiger partial charge < -0.3 is 15.5 Å². The van der Waals surface area contributed by atoms with E-state index in [9.17, 15) is 18.0 Å². The summed E-state index contributed by atoms with van der Waals surface area (Å²) in [5.74, 6) is -4.12. The second-order valence-electron chi connectivity index (χ2n) is 6.48. The third-order valence-corrected chi connectivity index (χ3v) is 4.67. The normalized spacial score (nSPS) is 18.2. The Morgan fingerprint density at radius 2 is 1.69 bits per heavy atom. The average molecular weight is 363 g/mol. The van der Waals surface area contributed by atoms with E-state index in [0.29, 0.717) is 30.8 Å². The fraction of sp³-hybridized carbons (Fsp3) is 0.316. The molecule has 2 aromatic carbocycles. The van der Waals surface area contributed by atoms with Crippen molar-refractivity contribution in [3.63, 3.8) is 0 Å². The summed E-state index contributed by atoms with van der Waals surface area (Å²) in [5, 5.41) is 0. The van der Waals surface area contributed by atoms with Gasteiger partial charge in [-0.3, -0.25) is 4.79 Å². The molecule has 138 valence electrons. The van der Waals surface area contributed by atoms with E-state index in [0.717, 1.165) is 18.7 Å². The molecule has 1 fully saturated rings. The Kier molecular flexibility index (Phi) is 5.29. The highest BCUT2D eigenvalue weighted by molar-refractivity contribution is 5.95. The Bertz CT molecular complexity index is 787. The van der Waals surface area contributed by atoms with E-state index in [1.165, 1.54) is 0 Å². The maximum Gasteiger partial charge on any atom is 0.254 e. The van der Waals surface area contributed by atoms with Crippen molar-refractivity contribution in [2.75, 3.05) is 33.2 Å². The summed E-state index contributed by atoms with van der Waals surface area (Å²) in [5.41, 5.74) is 6.96. The number of halogens is 3. The minimum atomic E-state index is -1.50. The molecule has 1 aliphatic heterocycles. The summed E-state index contributed by atoms with van der Waals surface area (Å²) >= 11 is 0. The molecule has 7 heteroatoms. The predicted octanol–water partition coefficient (Wildman–Crippen LogP) is 2.49. The predicted molar refractivity (Wildman–Crippen MR) is 93.1 cm³/mol. The number of piperazine rings is 1. The van der Waals surface area contributed by atoms with Crippen LogP contribution in [0.5, 0.6) is 0 Å². The molecule has 1 heterocycles. The average Bonchev–Trinajstić information content (AvgIpc) is 2.65. The Balaban J connectivity index is 1.82. The minimum absolute atomic E-state index is 0.0544. The Labute approximate surface area is 150 Å². The molecule has 0 aliphatic carbocycles. The quantitative estimate of drug-likeness (QED) is 0.853. The Morgan fingerprint density at radius 3 is 2.27 bits per heavy atom. The molecule has 0 aromatic heterocycles. The molecule has 0 spiro atoms. The van der Waals surface area contributed by atoms with Crippen LogP contribution in [-0.4, -0.2) is 55.0 Å². The van der Waals surface area contributed by atoms with Gasteiger partial charge in [-0.25, -0.2) is 13.2 Å². The van der Waals surface area contributed by atoms with Crippen LogP contribution >= 0.6 is 0 Å². The Hall–Kier alpha value is -2.38. The minimum Gasteiger partial charge on any atom is -0.332 e. The first-order valence-electron chi connectivity index (χ1n) is 8.35. The summed E-state index contributed by atoms with van der Waals surface area (Å²) in [6.07, 6.45) is 0. The number of nitrogens with two attached hydrogens (primary N) is 1. The fourth-order valence-electron chi connectivity index (χ4n) is 3.17. The molecule has 3 rings (SSSR count). The number of amides is 1. The fourth-order valence-corrected chi connectivity index (χ4v) is 3.17. The molecular weight excluding hydrogens is 343 g/mol. The van der Waals surface area contributed by atoms with Crippen LogP contribution in [0.15, 0.2) is 36.4 Å². The van der Waals surface area contributed by atoms with Gasteiger partial charge in [-0.2, -0.15) is 0 Å². The lowest BCUT2D eigenvalue weighted by molar-refractivity contribution is 0.0516. The van der Waals surface area contributed by atoms with E-state index in [2.05, 4.69) is 4.90 Å². The number of carbonyl (C=O) groups is 1. The molecule has 1 amide bonds. The van der Waals surface area contributed by atoms with Crippen LogP contribution in [0.2, 0.25) is 0 Å². The molecule has 26 heavy (non-hydrogen) atoms. The molecule has 2 aromatic rings. The van der Waals surface area contributed by atoms with Gasteiger partial charge in [-0.15, -0.1) is 0 Å². The van der Waals surface area contributed by atoms with Crippen LogP contribution in [0.3, 0.4) is 0 Å². The van der Waals surface area contributed by atoms with Crippen molar-refractivity contribution in [1.82, 2.24) is 9.80 Å². The molecular formula is C19H20F3N3O. The van der Waals surface area contributed by atoms with Gasteiger partial charge in [0.05, 0.1) is 6.04 Å². The smallest absolute Gasteiger partial charge is 0.254 e. The van der Waals surface area contributed by atoms with Crippen LogP contribution in [0.1, 0.15) is 10.4 Å². The zero-order valence-corrected chi connectivity index (χ0v) is 14.4. The van der Waals surface area contributed by atoms with Crippen molar-refractivity contribution in [3.8, 4) is 11.1 Å². The first kappa shape index (κ1) is 18.4. The SMILES string of the molecule is CN1CCN(C(=O)c2ccc(-c3cc(F)c(F)c(F)c3)cc2)[C@@H](CN)C1. The zero-order chi connectivity index (χ0) is 18.8. The van der Waals surface area contributed by atoms with Gasteiger partial charge in [0.1, 0.15) is 0 Å². The standard InChI is InChI=1S/C19H20F3N3O/c1-24-6-7-25(15(10-23)11-24)19(26)13-4-2-12(3-5-13)14-8-16(20)18(22)17(21)9-14/h2-5,8-9,15H,6-7,10-11,23H2,1H3/t15-/m0/s1. The van der Waals surface area contributed by atoms with Gasteiger partial charge in [-0.05, 0) is 42.4 Å². The number of likely N-dealkylation sites (N-methyl/N-ethyl adjacent to an activating group) is 1. The van der Waals surface area contributed by atoms with Crippen molar-refractivity contribution >= 4 is 5.91 Å². The van der Waals surface area contributed by atoms with Crippen molar-refractivity contribution in [3.05, 3.63) is 59.4 Å². The summed E-state index contributed by atoms with van der Waals surface area (Å²) in [6.45, 7) is 2.46. The lowest BCUT2D eigenvalue weighted by atomic mass is 10.0. The molecule has 1 aliphatic rings. The van der Waals surface area contributed by atoms with Gasteiger partial charge in [0.15, 0.2) is 17.5 Å². The number of nitrogens with zero attached hydrogens (tertiary/aromatic N) is 2. The van der Waals surface area contributed by atoms with Gasteiger partial charge in [0, 0.05) is 31.7 Å². The summed E-state index contributed by atoms with van der Waals surface area (Å²) in [6, 6.07) is 8.19. The van der Waals surface area contributed by atoms with Crippen LogP contribution < -0.4 is 5.73 Å².